The predicted octanol–water partition coefficient (Wildman–Crippen LogP) is 3.96. The van der Waals surface area contributed by atoms with Gasteiger partial charge < -0.3 is 10.1 Å². The Morgan fingerprint density at radius 3 is 2.90 bits per heavy atom. The van der Waals surface area contributed by atoms with Crippen LogP contribution in [0.4, 0.5) is 10.5 Å². The van der Waals surface area contributed by atoms with Gasteiger partial charge in [-0.2, -0.15) is 5.10 Å². The molecule has 0 saturated heterocycles. The highest BCUT2D eigenvalue weighted by Gasteiger charge is 2.05. The van der Waals surface area contributed by atoms with E-state index in [4.69, 9.17) is 16.3 Å². The summed E-state index contributed by atoms with van der Waals surface area (Å²) in [4.78, 5) is 12.6. The van der Waals surface area contributed by atoms with Crippen molar-refractivity contribution in [3.8, 4) is 5.75 Å². The zero-order chi connectivity index (χ0) is 15.1. The quantitative estimate of drug-likeness (QED) is 0.646. The number of hydrazone groups is 1. The van der Waals surface area contributed by atoms with Gasteiger partial charge >= 0.3 is 6.03 Å². The van der Waals surface area contributed by atoms with E-state index in [0.29, 0.717) is 22.4 Å². The molecule has 0 fully saturated rings. The van der Waals surface area contributed by atoms with E-state index in [0.717, 1.165) is 4.88 Å². The summed E-state index contributed by atoms with van der Waals surface area (Å²) in [7, 11) is 0. The van der Waals surface area contributed by atoms with Crippen molar-refractivity contribution in [3.05, 3.63) is 45.6 Å². The van der Waals surface area contributed by atoms with Gasteiger partial charge in [0.05, 0.1) is 22.8 Å². The minimum Gasteiger partial charge on any atom is -0.492 e. The summed E-state index contributed by atoms with van der Waals surface area (Å²) in [5.41, 5.74) is 2.97. The van der Waals surface area contributed by atoms with Gasteiger partial charge in [-0.15, -0.1) is 11.3 Å². The Morgan fingerprint density at radius 1 is 1.38 bits per heavy atom. The highest BCUT2D eigenvalue weighted by Crippen LogP contribution is 2.23. The summed E-state index contributed by atoms with van der Waals surface area (Å²) in [6.07, 6.45) is 1.53. The Bertz CT molecular complexity index is 643. The van der Waals surface area contributed by atoms with E-state index in [-0.39, 0.29) is 0 Å². The molecule has 7 heteroatoms. The highest BCUT2D eigenvalue weighted by atomic mass is 35.5. The molecule has 1 aromatic heterocycles. The number of carbonyl (C=O) groups is 1. The van der Waals surface area contributed by atoms with Crippen molar-refractivity contribution in [2.24, 2.45) is 5.10 Å². The molecule has 0 aliphatic rings. The monoisotopic (exact) mass is 323 g/mol. The number of benzene rings is 1. The van der Waals surface area contributed by atoms with Gasteiger partial charge in [0.1, 0.15) is 5.75 Å². The lowest BCUT2D eigenvalue weighted by atomic mass is 10.3. The molecule has 21 heavy (non-hydrogen) atoms. The SMILES string of the molecule is CCOc1ccccc1NC(=O)N/N=C/c1ccc(Cl)s1. The minimum absolute atomic E-state index is 0.443. The number of hydrogen-bond donors (Lipinski definition) is 2. The molecule has 1 heterocycles. The van der Waals surface area contributed by atoms with Crippen LogP contribution in [0.25, 0.3) is 0 Å². The Labute approximate surface area is 131 Å². The number of carbonyl (C=O) groups excluding carboxylic acids is 1. The standard InChI is InChI=1S/C14H14ClN3O2S/c1-2-20-12-6-4-3-5-11(12)17-14(19)18-16-9-10-7-8-13(15)21-10/h3-9H,2H2,1H3,(H2,17,18,19)/b16-9+. The molecule has 0 spiro atoms. The van der Waals surface area contributed by atoms with E-state index in [9.17, 15) is 4.79 Å². The van der Waals surface area contributed by atoms with Crippen molar-refractivity contribution < 1.29 is 9.53 Å². The van der Waals surface area contributed by atoms with Gasteiger partial charge in [0, 0.05) is 4.88 Å². The van der Waals surface area contributed by atoms with Crippen molar-refractivity contribution in [3.63, 3.8) is 0 Å². The highest BCUT2D eigenvalue weighted by molar-refractivity contribution is 7.17. The fourth-order valence-electron chi connectivity index (χ4n) is 1.55. The topological polar surface area (TPSA) is 62.7 Å². The van der Waals surface area contributed by atoms with E-state index >= 15 is 0 Å². The molecule has 0 saturated carbocycles. The van der Waals surface area contributed by atoms with Crippen LogP contribution in [0.15, 0.2) is 41.5 Å². The largest absolute Gasteiger partial charge is 0.492 e. The molecule has 0 radical (unpaired) electrons. The van der Waals surface area contributed by atoms with Crippen LogP contribution in [-0.4, -0.2) is 18.9 Å². The maximum absolute atomic E-state index is 11.8. The number of hydrogen-bond acceptors (Lipinski definition) is 4. The number of rotatable bonds is 5. The molecule has 0 aliphatic heterocycles. The summed E-state index contributed by atoms with van der Waals surface area (Å²) < 4.78 is 6.09. The number of halogens is 1. The third-order valence-corrected chi connectivity index (χ3v) is 3.55. The third-order valence-electron chi connectivity index (χ3n) is 2.39. The lowest BCUT2D eigenvalue weighted by Gasteiger charge is -2.10. The number of anilines is 1. The molecule has 110 valence electrons. The lowest BCUT2D eigenvalue weighted by molar-refractivity contribution is 0.252. The fourth-order valence-corrected chi connectivity index (χ4v) is 2.49. The first-order chi connectivity index (χ1) is 10.2. The van der Waals surface area contributed by atoms with Gasteiger partial charge in [-0.1, -0.05) is 23.7 Å². The Hall–Kier alpha value is -2.05. The molecule has 0 bridgehead atoms. The molecule has 2 N–H and O–H groups in total. The van der Waals surface area contributed by atoms with Crippen molar-refractivity contribution in [2.45, 2.75) is 6.92 Å². The summed E-state index contributed by atoms with van der Waals surface area (Å²) >= 11 is 7.18. The number of amides is 2. The third kappa shape index (κ3) is 4.77. The number of thiophene rings is 1. The van der Waals surface area contributed by atoms with E-state index in [1.54, 1.807) is 18.2 Å². The molecular weight excluding hydrogens is 310 g/mol. The summed E-state index contributed by atoms with van der Waals surface area (Å²) in [6, 6.07) is 10.3. The van der Waals surface area contributed by atoms with Crippen LogP contribution < -0.4 is 15.5 Å². The van der Waals surface area contributed by atoms with Crippen LogP contribution in [0.1, 0.15) is 11.8 Å². The minimum atomic E-state index is -0.443. The van der Waals surface area contributed by atoms with Gasteiger partial charge in [0.2, 0.25) is 0 Å². The number of para-hydroxylation sites is 2. The van der Waals surface area contributed by atoms with E-state index < -0.39 is 6.03 Å². The second kappa shape index (κ2) is 7.66. The van der Waals surface area contributed by atoms with Crippen molar-refractivity contribution in [1.29, 1.82) is 0 Å². The maximum atomic E-state index is 11.8. The number of nitrogens with one attached hydrogen (secondary N) is 2. The molecular formula is C14H14ClN3O2S. The number of ether oxygens (including phenoxy) is 1. The first-order valence-corrected chi connectivity index (χ1v) is 7.45. The average molecular weight is 324 g/mol. The molecule has 0 atom stereocenters. The molecule has 2 amide bonds. The van der Waals surface area contributed by atoms with Crippen molar-refractivity contribution in [1.82, 2.24) is 5.43 Å². The molecule has 5 nitrogen and oxygen atoms in total. The molecule has 2 rings (SSSR count). The van der Waals surface area contributed by atoms with Crippen LogP contribution in [0, 0.1) is 0 Å². The van der Waals surface area contributed by atoms with Crippen LogP contribution in [-0.2, 0) is 0 Å². The summed E-state index contributed by atoms with van der Waals surface area (Å²) in [5.74, 6) is 0.615. The van der Waals surface area contributed by atoms with Gasteiger partial charge in [-0.25, -0.2) is 10.2 Å². The second-order valence-electron chi connectivity index (χ2n) is 3.90. The first-order valence-electron chi connectivity index (χ1n) is 6.26. The summed E-state index contributed by atoms with van der Waals surface area (Å²) in [6.45, 7) is 2.41. The van der Waals surface area contributed by atoms with E-state index in [1.807, 2.05) is 25.1 Å². The Kier molecular flexibility index (Phi) is 5.59. The van der Waals surface area contributed by atoms with Gasteiger partial charge in [0.15, 0.2) is 0 Å². The van der Waals surface area contributed by atoms with E-state index in [1.165, 1.54) is 17.6 Å². The lowest BCUT2D eigenvalue weighted by Crippen LogP contribution is -2.24. The maximum Gasteiger partial charge on any atom is 0.339 e. The van der Waals surface area contributed by atoms with Crippen LogP contribution >= 0.6 is 22.9 Å². The van der Waals surface area contributed by atoms with Crippen LogP contribution in [0.2, 0.25) is 4.34 Å². The number of nitrogens with zero attached hydrogens (tertiary/aromatic N) is 1. The van der Waals surface area contributed by atoms with E-state index in [2.05, 4.69) is 15.8 Å². The fraction of sp³-hybridized carbons (Fsp3) is 0.143. The molecule has 1 aromatic carbocycles. The summed E-state index contributed by atoms with van der Waals surface area (Å²) in [5, 5.41) is 6.53. The van der Waals surface area contributed by atoms with Crippen molar-refractivity contribution >= 4 is 40.9 Å². The zero-order valence-corrected chi connectivity index (χ0v) is 12.9. The molecule has 0 unspecified atom stereocenters. The first kappa shape index (κ1) is 15.3. The van der Waals surface area contributed by atoms with Gasteiger partial charge in [-0.3, -0.25) is 0 Å². The predicted molar refractivity (Wildman–Crippen MR) is 86.7 cm³/mol. The van der Waals surface area contributed by atoms with Crippen LogP contribution in [0.5, 0.6) is 5.75 Å². The Morgan fingerprint density at radius 2 is 2.19 bits per heavy atom. The number of urea groups is 1. The van der Waals surface area contributed by atoms with Gasteiger partial charge in [0.25, 0.3) is 0 Å². The molecule has 0 aliphatic carbocycles. The zero-order valence-electron chi connectivity index (χ0n) is 11.3. The molecule has 2 aromatic rings. The normalized spacial score (nSPS) is 10.6. The van der Waals surface area contributed by atoms with Gasteiger partial charge in [-0.05, 0) is 31.2 Å². The Balaban J connectivity index is 1.91. The second-order valence-corrected chi connectivity index (χ2v) is 5.64. The average Bonchev–Trinajstić information content (AvgIpc) is 2.87. The van der Waals surface area contributed by atoms with Crippen LogP contribution in [0.3, 0.4) is 0 Å². The smallest absolute Gasteiger partial charge is 0.339 e. The van der Waals surface area contributed by atoms with Crippen molar-refractivity contribution in [2.75, 3.05) is 11.9 Å².